The molecular formula is C12H17NO2. The molecule has 0 bridgehead atoms. The summed E-state index contributed by atoms with van der Waals surface area (Å²) in [4.78, 5) is 0. The first-order valence-electron chi connectivity index (χ1n) is 5.30. The fraction of sp³-hybridized carbons (Fsp3) is 0.500. The number of aryl methyl sites for hydroxylation is 1. The van der Waals surface area contributed by atoms with Crippen LogP contribution < -0.4 is 5.73 Å². The van der Waals surface area contributed by atoms with Gasteiger partial charge in [-0.1, -0.05) is 12.1 Å². The molecule has 82 valence electrons. The summed E-state index contributed by atoms with van der Waals surface area (Å²) in [5.74, 6) is 0.190. The Balaban J connectivity index is 2.20. The van der Waals surface area contributed by atoms with Gasteiger partial charge in [0.25, 0.3) is 0 Å². The Morgan fingerprint density at radius 2 is 2.33 bits per heavy atom. The van der Waals surface area contributed by atoms with Crippen LogP contribution in [0.1, 0.15) is 23.7 Å². The van der Waals surface area contributed by atoms with Crippen LogP contribution in [0, 0.1) is 12.8 Å². The predicted molar refractivity (Wildman–Crippen MR) is 59.5 cm³/mol. The van der Waals surface area contributed by atoms with Gasteiger partial charge in [-0.15, -0.1) is 0 Å². The Labute approximate surface area is 89.9 Å². The number of anilines is 1. The van der Waals surface area contributed by atoms with E-state index < -0.39 is 6.10 Å². The summed E-state index contributed by atoms with van der Waals surface area (Å²) in [6.45, 7) is 3.37. The lowest BCUT2D eigenvalue weighted by molar-refractivity contribution is 0.0923. The van der Waals surface area contributed by atoms with Crippen LogP contribution in [0.2, 0.25) is 0 Å². The van der Waals surface area contributed by atoms with Gasteiger partial charge < -0.3 is 15.6 Å². The van der Waals surface area contributed by atoms with Crippen molar-refractivity contribution in [2.45, 2.75) is 19.4 Å². The van der Waals surface area contributed by atoms with Gasteiger partial charge in [-0.3, -0.25) is 0 Å². The minimum atomic E-state index is -0.493. The van der Waals surface area contributed by atoms with E-state index in [9.17, 15) is 5.11 Å². The molecule has 1 aliphatic heterocycles. The molecule has 0 aromatic heterocycles. The van der Waals surface area contributed by atoms with Gasteiger partial charge in [0.15, 0.2) is 0 Å². The van der Waals surface area contributed by atoms with Crippen molar-refractivity contribution in [3.8, 4) is 0 Å². The first-order valence-corrected chi connectivity index (χ1v) is 5.30. The van der Waals surface area contributed by atoms with E-state index in [2.05, 4.69) is 0 Å². The molecule has 2 atom stereocenters. The zero-order chi connectivity index (χ0) is 10.8. The third kappa shape index (κ3) is 2.13. The van der Waals surface area contributed by atoms with Crippen molar-refractivity contribution < 1.29 is 9.84 Å². The molecule has 0 amide bonds. The summed E-state index contributed by atoms with van der Waals surface area (Å²) in [5, 5.41) is 10.1. The van der Waals surface area contributed by atoms with Crippen LogP contribution in [0.4, 0.5) is 5.69 Å². The molecule has 0 saturated carbocycles. The zero-order valence-corrected chi connectivity index (χ0v) is 8.94. The van der Waals surface area contributed by atoms with E-state index in [4.69, 9.17) is 10.5 Å². The highest BCUT2D eigenvalue weighted by molar-refractivity contribution is 5.50. The van der Waals surface area contributed by atoms with Crippen molar-refractivity contribution in [1.82, 2.24) is 0 Å². The Morgan fingerprint density at radius 3 is 2.93 bits per heavy atom. The smallest absolute Gasteiger partial charge is 0.0860 e. The molecule has 1 fully saturated rings. The number of hydrogen-bond donors (Lipinski definition) is 2. The molecule has 15 heavy (non-hydrogen) atoms. The number of ether oxygens (including phenoxy) is 1. The molecule has 1 saturated heterocycles. The van der Waals surface area contributed by atoms with Gasteiger partial charge in [-0.2, -0.15) is 0 Å². The van der Waals surface area contributed by atoms with Crippen LogP contribution >= 0.6 is 0 Å². The van der Waals surface area contributed by atoms with Crippen LogP contribution in [-0.2, 0) is 4.74 Å². The summed E-state index contributed by atoms with van der Waals surface area (Å²) in [6.07, 6.45) is 0.419. The second-order valence-corrected chi connectivity index (χ2v) is 4.20. The Bertz CT molecular complexity index is 345. The SMILES string of the molecule is Cc1ccc(C(O)C2CCOC2)c(N)c1. The average Bonchev–Trinajstić information content (AvgIpc) is 2.69. The topological polar surface area (TPSA) is 55.5 Å². The van der Waals surface area contributed by atoms with E-state index in [-0.39, 0.29) is 5.92 Å². The summed E-state index contributed by atoms with van der Waals surface area (Å²) < 4.78 is 5.26. The third-order valence-corrected chi connectivity index (χ3v) is 2.97. The number of rotatable bonds is 2. The number of aliphatic hydroxyl groups is 1. The van der Waals surface area contributed by atoms with Crippen molar-refractivity contribution in [2.75, 3.05) is 18.9 Å². The predicted octanol–water partition coefficient (Wildman–Crippen LogP) is 1.65. The minimum absolute atomic E-state index is 0.190. The quantitative estimate of drug-likeness (QED) is 0.725. The molecule has 2 rings (SSSR count). The second kappa shape index (κ2) is 4.21. The van der Waals surface area contributed by atoms with Crippen LogP contribution in [-0.4, -0.2) is 18.3 Å². The highest BCUT2D eigenvalue weighted by Crippen LogP contribution is 2.31. The van der Waals surface area contributed by atoms with Crippen molar-refractivity contribution in [3.05, 3.63) is 29.3 Å². The average molecular weight is 207 g/mol. The number of nitrogens with two attached hydrogens (primary N) is 1. The number of aliphatic hydroxyl groups excluding tert-OH is 1. The van der Waals surface area contributed by atoms with Crippen molar-refractivity contribution in [2.24, 2.45) is 5.92 Å². The normalized spacial score (nSPS) is 22.9. The summed E-state index contributed by atoms with van der Waals surface area (Å²) in [7, 11) is 0. The molecular weight excluding hydrogens is 190 g/mol. The molecule has 3 nitrogen and oxygen atoms in total. The van der Waals surface area contributed by atoms with E-state index in [1.807, 2.05) is 25.1 Å². The molecule has 1 aromatic carbocycles. The standard InChI is InChI=1S/C12H17NO2/c1-8-2-3-10(11(13)6-8)12(14)9-4-5-15-7-9/h2-3,6,9,12,14H,4-5,7,13H2,1H3. The van der Waals surface area contributed by atoms with E-state index >= 15 is 0 Å². The number of nitrogen functional groups attached to an aromatic ring is 1. The largest absolute Gasteiger partial charge is 0.398 e. The van der Waals surface area contributed by atoms with E-state index in [0.717, 1.165) is 24.2 Å². The van der Waals surface area contributed by atoms with E-state index in [1.165, 1.54) is 0 Å². The first kappa shape index (κ1) is 10.5. The highest BCUT2D eigenvalue weighted by Gasteiger charge is 2.26. The van der Waals surface area contributed by atoms with Gasteiger partial charge in [0, 0.05) is 23.8 Å². The first-order chi connectivity index (χ1) is 7.18. The molecule has 0 spiro atoms. The maximum atomic E-state index is 10.1. The van der Waals surface area contributed by atoms with E-state index in [1.54, 1.807) is 0 Å². The van der Waals surface area contributed by atoms with Gasteiger partial charge in [-0.25, -0.2) is 0 Å². The van der Waals surface area contributed by atoms with Crippen molar-refractivity contribution >= 4 is 5.69 Å². The van der Waals surface area contributed by atoms with Crippen molar-refractivity contribution in [1.29, 1.82) is 0 Å². The van der Waals surface area contributed by atoms with Gasteiger partial charge in [0.1, 0.15) is 0 Å². The van der Waals surface area contributed by atoms with E-state index in [0.29, 0.717) is 12.3 Å². The van der Waals surface area contributed by atoms with Gasteiger partial charge in [0.2, 0.25) is 0 Å². The summed E-state index contributed by atoms with van der Waals surface area (Å²) in [6, 6.07) is 5.78. The molecule has 1 aliphatic rings. The molecule has 3 N–H and O–H groups in total. The molecule has 2 unspecified atom stereocenters. The van der Waals surface area contributed by atoms with Crippen LogP contribution in [0.15, 0.2) is 18.2 Å². The lowest BCUT2D eigenvalue weighted by Gasteiger charge is -2.18. The van der Waals surface area contributed by atoms with Crippen LogP contribution in [0.25, 0.3) is 0 Å². The molecule has 0 radical (unpaired) electrons. The lowest BCUT2D eigenvalue weighted by Crippen LogP contribution is -2.14. The van der Waals surface area contributed by atoms with Gasteiger partial charge >= 0.3 is 0 Å². The third-order valence-electron chi connectivity index (χ3n) is 2.97. The van der Waals surface area contributed by atoms with Gasteiger partial charge in [0.05, 0.1) is 12.7 Å². The monoisotopic (exact) mass is 207 g/mol. The highest BCUT2D eigenvalue weighted by atomic mass is 16.5. The molecule has 1 aromatic rings. The Kier molecular flexibility index (Phi) is 2.93. The second-order valence-electron chi connectivity index (χ2n) is 4.20. The number of benzene rings is 1. The van der Waals surface area contributed by atoms with Crippen LogP contribution in [0.3, 0.4) is 0 Å². The summed E-state index contributed by atoms with van der Waals surface area (Å²) in [5.41, 5.74) is 8.51. The lowest BCUT2D eigenvalue weighted by atomic mass is 9.93. The fourth-order valence-corrected chi connectivity index (χ4v) is 2.02. The molecule has 1 heterocycles. The van der Waals surface area contributed by atoms with Crippen LogP contribution in [0.5, 0.6) is 0 Å². The minimum Gasteiger partial charge on any atom is -0.398 e. The summed E-state index contributed by atoms with van der Waals surface area (Å²) >= 11 is 0. The molecule has 0 aliphatic carbocycles. The fourth-order valence-electron chi connectivity index (χ4n) is 2.02. The van der Waals surface area contributed by atoms with Gasteiger partial charge in [-0.05, 0) is 25.0 Å². The molecule has 3 heteroatoms. The van der Waals surface area contributed by atoms with Crippen molar-refractivity contribution in [3.63, 3.8) is 0 Å². The zero-order valence-electron chi connectivity index (χ0n) is 8.94. The Morgan fingerprint density at radius 1 is 1.53 bits per heavy atom. The Hall–Kier alpha value is -1.06. The maximum absolute atomic E-state index is 10.1. The number of hydrogen-bond acceptors (Lipinski definition) is 3. The maximum Gasteiger partial charge on any atom is 0.0860 e.